The van der Waals surface area contributed by atoms with Gasteiger partial charge >= 0.3 is 5.97 Å². The number of phenolic OH excluding ortho intramolecular Hbond substituents is 2. The predicted octanol–water partition coefficient (Wildman–Crippen LogP) is 1.71. The molecule has 0 saturated carbocycles. The normalized spacial score (nSPS) is 13.0. The highest BCUT2D eigenvalue weighted by molar-refractivity contribution is 5.99. The van der Waals surface area contributed by atoms with Crippen molar-refractivity contribution >= 4 is 11.8 Å². The lowest BCUT2D eigenvalue weighted by Gasteiger charge is -2.14. The zero-order valence-corrected chi connectivity index (χ0v) is 13.6. The zero-order valence-electron chi connectivity index (χ0n) is 13.6. The summed E-state index contributed by atoms with van der Waals surface area (Å²) in [5.74, 6) is -1.75. The van der Waals surface area contributed by atoms with Crippen LogP contribution in [0.15, 0.2) is 48.5 Å². The highest BCUT2D eigenvalue weighted by Gasteiger charge is 2.22. The Morgan fingerprint density at radius 2 is 1.76 bits per heavy atom. The topological polar surface area (TPSA) is 119 Å². The number of rotatable bonds is 7. The summed E-state index contributed by atoms with van der Waals surface area (Å²) in [7, 11) is 0. The minimum absolute atomic E-state index is 0.0665. The van der Waals surface area contributed by atoms with Gasteiger partial charge in [-0.05, 0) is 31.0 Å². The van der Waals surface area contributed by atoms with Crippen molar-refractivity contribution < 1.29 is 29.6 Å². The molecule has 0 bridgehead atoms. The van der Waals surface area contributed by atoms with Crippen LogP contribution in [0.5, 0.6) is 11.5 Å². The first-order chi connectivity index (χ1) is 11.9. The third kappa shape index (κ3) is 5.03. The molecule has 0 aliphatic carbocycles. The van der Waals surface area contributed by atoms with E-state index in [0.717, 1.165) is 0 Å². The SMILES string of the molecule is C[C@@H](OOC(=O)[C@@H](N)Cc1ccc(O)c(O)c1)C(=O)c1ccccc1. The molecule has 25 heavy (non-hydrogen) atoms. The molecule has 0 amide bonds. The molecule has 0 aliphatic rings. The molecule has 7 nitrogen and oxygen atoms in total. The van der Waals surface area contributed by atoms with E-state index < -0.39 is 18.1 Å². The van der Waals surface area contributed by atoms with E-state index in [1.165, 1.54) is 25.1 Å². The van der Waals surface area contributed by atoms with Crippen LogP contribution >= 0.6 is 0 Å². The molecule has 0 fully saturated rings. The van der Waals surface area contributed by atoms with Gasteiger partial charge in [-0.1, -0.05) is 36.4 Å². The van der Waals surface area contributed by atoms with Crippen LogP contribution in [0.25, 0.3) is 0 Å². The van der Waals surface area contributed by atoms with Crippen molar-refractivity contribution in [2.45, 2.75) is 25.5 Å². The molecule has 0 saturated heterocycles. The third-order valence-corrected chi connectivity index (χ3v) is 3.50. The molecule has 2 atom stereocenters. The average molecular weight is 345 g/mol. The van der Waals surface area contributed by atoms with Gasteiger partial charge in [-0.2, -0.15) is 4.89 Å². The molecule has 132 valence electrons. The number of phenols is 2. The number of ketones is 1. The predicted molar refractivity (Wildman–Crippen MR) is 88.9 cm³/mol. The summed E-state index contributed by atoms with van der Waals surface area (Å²) >= 11 is 0. The highest BCUT2D eigenvalue weighted by atomic mass is 17.2. The Morgan fingerprint density at radius 1 is 1.08 bits per heavy atom. The number of aromatic hydroxyl groups is 2. The number of hydrogen-bond acceptors (Lipinski definition) is 7. The molecular formula is C18H19NO6. The summed E-state index contributed by atoms with van der Waals surface area (Å²) in [6, 6.07) is 11.5. The summed E-state index contributed by atoms with van der Waals surface area (Å²) in [5.41, 5.74) is 6.70. The van der Waals surface area contributed by atoms with Gasteiger partial charge in [-0.25, -0.2) is 4.79 Å². The van der Waals surface area contributed by atoms with Crippen LogP contribution in [0.4, 0.5) is 0 Å². The lowest BCUT2D eigenvalue weighted by molar-refractivity contribution is -0.285. The third-order valence-electron chi connectivity index (χ3n) is 3.50. The van der Waals surface area contributed by atoms with E-state index in [2.05, 4.69) is 4.89 Å². The van der Waals surface area contributed by atoms with Crippen LogP contribution < -0.4 is 5.73 Å². The minimum atomic E-state index is -1.05. The van der Waals surface area contributed by atoms with Gasteiger partial charge in [0.15, 0.2) is 23.4 Å². The monoisotopic (exact) mass is 345 g/mol. The average Bonchev–Trinajstić information content (AvgIpc) is 2.62. The summed E-state index contributed by atoms with van der Waals surface area (Å²) in [6.07, 6.45) is -0.909. The van der Waals surface area contributed by atoms with Crippen LogP contribution in [-0.4, -0.2) is 34.1 Å². The zero-order chi connectivity index (χ0) is 18.4. The second-order valence-corrected chi connectivity index (χ2v) is 5.50. The maximum atomic E-state index is 12.1. The second kappa shape index (κ2) is 8.27. The fourth-order valence-electron chi connectivity index (χ4n) is 2.10. The fourth-order valence-corrected chi connectivity index (χ4v) is 2.10. The first-order valence-corrected chi connectivity index (χ1v) is 7.61. The van der Waals surface area contributed by atoms with Crippen LogP contribution in [0.2, 0.25) is 0 Å². The van der Waals surface area contributed by atoms with Gasteiger partial charge in [0, 0.05) is 5.56 Å². The van der Waals surface area contributed by atoms with E-state index in [0.29, 0.717) is 11.1 Å². The van der Waals surface area contributed by atoms with E-state index in [1.807, 2.05) is 0 Å². The Labute approximate surface area is 144 Å². The molecule has 0 spiro atoms. The standard InChI is InChI=1S/C18H19NO6/c1-11(17(22)13-5-3-2-4-6-13)24-25-18(23)14(19)9-12-7-8-15(20)16(21)10-12/h2-8,10-11,14,20-21H,9,19H2,1H3/t11-,14+/m1/s1. The van der Waals surface area contributed by atoms with Gasteiger partial charge in [-0.15, -0.1) is 0 Å². The lowest BCUT2D eigenvalue weighted by Crippen LogP contribution is -2.36. The number of carbonyl (C=O) groups excluding carboxylic acids is 2. The molecule has 0 aliphatic heterocycles. The Kier molecular flexibility index (Phi) is 6.10. The molecule has 0 unspecified atom stereocenters. The van der Waals surface area contributed by atoms with Gasteiger partial charge in [-0.3, -0.25) is 9.68 Å². The lowest BCUT2D eigenvalue weighted by atomic mass is 10.1. The van der Waals surface area contributed by atoms with E-state index in [-0.39, 0.29) is 23.7 Å². The molecule has 0 radical (unpaired) electrons. The molecule has 2 rings (SSSR count). The van der Waals surface area contributed by atoms with E-state index in [4.69, 9.17) is 10.6 Å². The van der Waals surface area contributed by atoms with Gasteiger partial charge in [0.1, 0.15) is 6.04 Å². The summed E-state index contributed by atoms with van der Waals surface area (Å²) in [6.45, 7) is 1.46. The largest absolute Gasteiger partial charge is 0.504 e. The Hall–Kier alpha value is -2.90. The number of hydrogen-bond donors (Lipinski definition) is 3. The smallest absolute Gasteiger partial charge is 0.359 e. The minimum Gasteiger partial charge on any atom is -0.504 e. The van der Waals surface area contributed by atoms with Crippen LogP contribution in [0.3, 0.4) is 0 Å². The second-order valence-electron chi connectivity index (χ2n) is 5.50. The molecule has 7 heteroatoms. The number of benzene rings is 2. The molecule has 0 aromatic heterocycles. The first kappa shape index (κ1) is 18.4. The first-order valence-electron chi connectivity index (χ1n) is 7.61. The van der Waals surface area contributed by atoms with Crippen LogP contribution in [0, 0.1) is 0 Å². The maximum Gasteiger partial charge on any atom is 0.359 e. The van der Waals surface area contributed by atoms with Crippen LogP contribution in [0.1, 0.15) is 22.8 Å². The summed E-state index contributed by atoms with van der Waals surface area (Å²) < 4.78 is 0. The summed E-state index contributed by atoms with van der Waals surface area (Å²) in [4.78, 5) is 33.4. The van der Waals surface area contributed by atoms with Crippen molar-refractivity contribution in [2.24, 2.45) is 5.73 Å². The van der Waals surface area contributed by atoms with Crippen molar-refractivity contribution in [1.29, 1.82) is 0 Å². The van der Waals surface area contributed by atoms with Crippen molar-refractivity contribution in [1.82, 2.24) is 0 Å². The number of nitrogens with two attached hydrogens (primary N) is 1. The van der Waals surface area contributed by atoms with Crippen molar-refractivity contribution in [3.63, 3.8) is 0 Å². The van der Waals surface area contributed by atoms with Gasteiger partial charge in [0.05, 0.1) is 0 Å². The van der Waals surface area contributed by atoms with Crippen molar-refractivity contribution in [3.8, 4) is 11.5 Å². The molecular weight excluding hydrogens is 326 g/mol. The van der Waals surface area contributed by atoms with Gasteiger partial charge < -0.3 is 15.9 Å². The maximum absolute atomic E-state index is 12.1. The Balaban J connectivity index is 1.86. The van der Waals surface area contributed by atoms with E-state index in [1.54, 1.807) is 30.3 Å². The van der Waals surface area contributed by atoms with E-state index in [9.17, 15) is 19.8 Å². The van der Waals surface area contributed by atoms with E-state index >= 15 is 0 Å². The van der Waals surface area contributed by atoms with Crippen molar-refractivity contribution in [3.05, 3.63) is 59.7 Å². The Bertz CT molecular complexity index is 746. The number of Topliss-reactive ketones (excluding diaryl/α,β-unsaturated/α-hetero) is 1. The number of carbonyl (C=O) groups is 2. The van der Waals surface area contributed by atoms with Crippen LogP contribution in [-0.2, 0) is 21.0 Å². The molecule has 2 aromatic rings. The summed E-state index contributed by atoms with van der Waals surface area (Å²) in [5, 5.41) is 18.7. The van der Waals surface area contributed by atoms with Gasteiger partial charge in [0.2, 0.25) is 0 Å². The quantitative estimate of drug-likeness (QED) is 0.302. The molecule has 4 N–H and O–H groups in total. The fraction of sp³-hybridized carbons (Fsp3) is 0.222. The van der Waals surface area contributed by atoms with Gasteiger partial charge in [0.25, 0.3) is 0 Å². The van der Waals surface area contributed by atoms with Crippen molar-refractivity contribution in [2.75, 3.05) is 0 Å². The molecule has 2 aromatic carbocycles. The molecule has 0 heterocycles. The highest BCUT2D eigenvalue weighted by Crippen LogP contribution is 2.25. The Morgan fingerprint density at radius 3 is 2.40 bits per heavy atom.